The maximum absolute atomic E-state index is 13.2. The quantitative estimate of drug-likeness (QED) is 0.907. The highest BCUT2D eigenvalue weighted by Crippen LogP contribution is 2.40. The summed E-state index contributed by atoms with van der Waals surface area (Å²) in [5.41, 5.74) is 1.29. The molecule has 0 saturated heterocycles. The first-order chi connectivity index (χ1) is 10.0. The van der Waals surface area contributed by atoms with E-state index in [-0.39, 0.29) is 29.2 Å². The van der Waals surface area contributed by atoms with Gasteiger partial charge in [-0.25, -0.2) is 4.39 Å². The summed E-state index contributed by atoms with van der Waals surface area (Å²) in [6.45, 7) is 1.75. The van der Waals surface area contributed by atoms with Gasteiger partial charge in [-0.05, 0) is 43.2 Å². The third kappa shape index (κ3) is 2.86. The molecule has 1 heterocycles. The lowest BCUT2D eigenvalue weighted by Crippen LogP contribution is -2.31. The van der Waals surface area contributed by atoms with Gasteiger partial charge in [0.2, 0.25) is 0 Å². The van der Waals surface area contributed by atoms with Crippen LogP contribution in [0.25, 0.3) is 0 Å². The summed E-state index contributed by atoms with van der Waals surface area (Å²) in [6, 6.07) is 9.54. The van der Waals surface area contributed by atoms with Crippen LogP contribution in [0.5, 0.6) is 0 Å². The van der Waals surface area contributed by atoms with Gasteiger partial charge in [-0.2, -0.15) is 0 Å². The van der Waals surface area contributed by atoms with Crippen molar-refractivity contribution in [3.05, 3.63) is 69.4 Å². The summed E-state index contributed by atoms with van der Waals surface area (Å²) in [4.78, 5) is 26.4. The van der Waals surface area contributed by atoms with E-state index in [1.165, 1.54) is 18.2 Å². The molecule has 108 valence electrons. The number of pyridine rings is 1. The van der Waals surface area contributed by atoms with Crippen molar-refractivity contribution in [2.75, 3.05) is 0 Å². The zero-order valence-corrected chi connectivity index (χ0v) is 11.5. The Morgan fingerprint density at radius 2 is 2.14 bits per heavy atom. The molecule has 4 nitrogen and oxygen atoms in total. The number of aromatic amines is 1. The number of H-pyrrole nitrogens is 1. The van der Waals surface area contributed by atoms with Gasteiger partial charge in [0.1, 0.15) is 11.4 Å². The maximum atomic E-state index is 13.2. The molecule has 0 bridgehead atoms. The average molecular weight is 286 g/mol. The Labute approximate surface area is 121 Å². The molecule has 1 aromatic carbocycles. The van der Waals surface area contributed by atoms with Crippen molar-refractivity contribution in [3.63, 3.8) is 0 Å². The van der Waals surface area contributed by atoms with Crippen LogP contribution in [-0.2, 0) is 0 Å². The molecule has 0 unspecified atom stereocenters. The third-order valence-electron chi connectivity index (χ3n) is 3.68. The minimum atomic E-state index is -0.393. The molecule has 2 atom stereocenters. The van der Waals surface area contributed by atoms with Crippen LogP contribution >= 0.6 is 0 Å². The molecule has 1 amide bonds. The zero-order chi connectivity index (χ0) is 15.0. The van der Waals surface area contributed by atoms with Crippen molar-refractivity contribution in [3.8, 4) is 0 Å². The number of rotatable bonds is 3. The first kappa shape index (κ1) is 13.5. The fraction of sp³-hybridized carbons (Fsp3) is 0.250. The minimum Gasteiger partial charge on any atom is -0.348 e. The van der Waals surface area contributed by atoms with E-state index in [1.807, 2.05) is 6.07 Å². The van der Waals surface area contributed by atoms with Crippen LogP contribution in [-0.4, -0.2) is 16.9 Å². The molecular weight excluding hydrogens is 271 g/mol. The lowest BCUT2D eigenvalue weighted by atomic mass is 10.1. The Kier molecular flexibility index (Phi) is 3.33. The molecule has 0 spiro atoms. The number of nitrogens with one attached hydrogen (secondary N) is 2. The van der Waals surface area contributed by atoms with Crippen molar-refractivity contribution in [2.24, 2.45) is 0 Å². The number of hydrogen-bond acceptors (Lipinski definition) is 2. The highest BCUT2D eigenvalue weighted by Gasteiger charge is 2.39. The number of carbonyl (C=O) groups excluding carboxylic acids is 1. The third-order valence-corrected chi connectivity index (χ3v) is 3.68. The van der Waals surface area contributed by atoms with Crippen LogP contribution < -0.4 is 10.9 Å². The normalized spacial score (nSPS) is 20.1. The van der Waals surface area contributed by atoms with E-state index in [2.05, 4.69) is 10.3 Å². The summed E-state index contributed by atoms with van der Waals surface area (Å²) in [5.74, 6) is -0.547. The predicted molar refractivity (Wildman–Crippen MR) is 76.8 cm³/mol. The summed E-state index contributed by atoms with van der Waals surface area (Å²) in [5, 5.41) is 2.82. The van der Waals surface area contributed by atoms with Crippen molar-refractivity contribution in [1.29, 1.82) is 0 Å². The molecule has 0 aliphatic heterocycles. The average Bonchev–Trinajstić information content (AvgIpc) is 3.17. The molecule has 21 heavy (non-hydrogen) atoms. The SMILES string of the molecule is Cc1ccc(C(=O)N[C@H]2C[C@@H]2c2cccc(F)c2)c(=O)[nH]1. The standard InChI is InChI=1S/C16H15FN2O2/c1-9-5-6-12(15(20)18-9)16(21)19-14-8-13(14)10-3-2-4-11(17)7-10/h2-7,13-14H,8H2,1H3,(H,18,20)(H,19,21)/t13-,14+/m1/s1. The smallest absolute Gasteiger partial charge is 0.260 e. The Morgan fingerprint density at radius 1 is 1.33 bits per heavy atom. The van der Waals surface area contributed by atoms with Gasteiger partial charge in [0.05, 0.1) is 0 Å². The van der Waals surface area contributed by atoms with Crippen LogP contribution in [0.4, 0.5) is 4.39 Å². The lowest BCUT2D eigenvalue weighted by Gasteiger charge is -2.05. The van der Waals surface area contributed by atoms with Crippen molar-refractivity contribution in [2.45, 2.75) is 25.3 Å². The molecule has 1 aliphatic carbocycles. The van der Waals surface area contributed by atoms with Gasteiger partial charge in [-0.15, -0.1) is 0 Å². The van der Waals surface area contributed by atoms with Crippen LogP contribution in [0, 0.1) is 12.7 Å². The summed E-state index contributed by atoms with van der Waals surface area (Å²) in [6.07, 6.45) is 0.763. The first-order valence-corrected chi connectivity index (χ1v) is 6.81. The second kappa shape index (κ2) is 5.16. The monoisotopic (exact) mass is 286 g/mol. The fourth-order valence-electron chi connectivity index (χ4n) is 2.46. The topological polar surface area (TPSA) is 62.0 Å². The van der Waals surface area contributed by atoms with E-state index in [0.717, 1.165) is 12.0 Å². The van der Waals surface area contributed by atoms with Gasteiger partial charge in [0.15, 0.2) is 0 Å². The van der Waals surface area contributed by atoms with Gasteiger partial charge in [0.25, 0.3) is 11.5 Å². The lowest BCUT2D eigenvalue weighted by molar-refractivity contribution is 0.0949. The summed E-state index contributed by atoms with van der Waals surface area (Å²) in [7, 11) is 0. The fourth-order valence-corrected chi connectivity index (χ4v) is 2.46. The van der Waals surface area contributed by atoms with E-state index in [4.69, 9.17) is 0 Å². The number of hydrogen-bond donors (Lipinski definition) is 2. The predicted octanol–water partition coefficient (Wildman–Crippen LogP) is 2.11. The van der Waals surface area contributed by atoms with Gasteiger partial charge < -0.3 is 10.3 Å². The van der Waals surface area contributed by atoms with Crippen LogP contribution in [0.15, 0.2) is 41.2 Å². The zero-order valence-electron chi connectivity index (χ0n) is 11.5. The molecule has 3 rings (SSSR count). The Morgan fingerprint density at radius 3 is 2.86 bits per heavy atom. The molecule has 1 fully saturated rings. The van der Waals surface area contributed by atoms with E-state index >= 15 is 0 Å². The Hall–Kier alpha value is -2.43. The molecule has 2 N–H and O–H groups in total. The number of benzene rings is 1. The maximum Gasteiger partial charge on any atom is 0.260 e. The van der Waals surface area contributed by atoms with Gasteiger partial charge in [-0.1, -0.05) is 12.1 Å². The molecule has 1 aromatic heterocycles. The number of amides is 1. The molecule has 2 aromatic rings. The highest BCUT2D eigenvalue weighted by atomic mass is 19.1. The Bertz CT molecular complexity index is 754. The summed E-state index contributed by atoms with van der Waals surface area (Å²) >= 11 is 0. The first-order valence-electron chi connectivity index (χ1n) is 6.81. The number of aromatic nitrogens is 1. The van der Waals surface area contributed by atoms with E-state index in [1.54, 1.807) is 19.1 Å². The second-order valence-corrected chi connectivity index (χ2v) is 5.36. The number of carbonyl (C=O) groups is 1. The number of aryl methyl sites for hydroxylation is 1. The van der Waals surface area contributed by atoms with Crippen LogP contribution in [0.3, 0.4) is 0 Å². The van der Waals surface area contributed by atoms with Gasteiger partial charge >= 0.3 is 0 Å². The largest absolute Gasteiger partial charge is 0.348 e. The van der Waals surface area contributed by atoms with Crippen LogP contribution in [0.1, 0.15) is 34.0 Å². The molecule has 1 aliphatic rings. The highest BCUT2D eigenvalue weighted by molar-refractivity contribution is 5.94. The van der Waals surface area contributed by atoms with E-state index in [9.17, 15) is 14.0 Å². The van der Waals surface area contributed by atoms with Crippen molar-refractivity contribution in [1.82, 2.24) is 10.3 Å². The van der Waals surface area contributed by atoms with Crippen molar-refractivity contribution < 1.29 is 9.18 Å². The molecular formula is C16H15FN2O2. The molecule has 0 radical (unpaired) electrons. The van der Waals surface area contributed by atoms with Crippen LogP contribution in [0.2, 0.25) is 0 Å². The molecule has 1 saturated carbocycles. The minimum absolute atomic E-state index is 0.0417. The molecule has 5 heteroatoms. The second-order valence-electron chi connectivity index (χ2n) is 5.36. The number of halogens is 1. The van der Waals surface area contributed by atoms with Gasteiger partial charge in [0, 0.05) is 17.7 Å². The summed E-state index contributed by atoms with van der Waals surface area (Å²) < 4.78 is 13.2. The van der Waals surface area contributed by atoms with E-state index in [0.29, 0.717) is 5.69 Å². The Balaban J connectivity index is 1.69. The van der Waals surface area contributed by atoms with Gasteiger partial charge in [-0.3, -0.25) is 9.59 Å². The van der Waals surface area contributed by atoms with E-state index < -0.39 is 5.56 Å². The van der Waals surface area contributed by atoms with Crippen molar-refractivity contribution >= 4 is 5.91 Å².